The van der Waals surface area contributed by atoms with Crippen LogP contribution in [0.4, 0.5) is 14.5 Å². The van der Waals surface area contributed by atoms with E-state index in [1.54, 1.807) is 12.1 Å². The minimum atomic E-state index is -3.94. The van der Waals surface area contributed by atoms with E-state index in [1.807, 2.05) is 12.1 Å². The van der Waals surface area contributed by atoms with Gasteiger partial charge < -0.3 is 0 Å². The van der Waals surface area contributed by atoms with Crippen LogP contribution in [0, 0.1) is 11.6 Å². The van der Waals surface area contributed by atoms with Crippen LogP contribution in [0.5, 0.6) is 0 Å². The topological polar surface area (TPSA) is 37.4 Å². The summed E-state index contributed by atoms with van der Waals surface area (Å²) < 4.78 is 54.1. The van der Waals surface area contributed by atoms with Crippen molar-refractivity contribution in [3.8, 4) is 0 Å². The van der Waals surface area contributed by atoms with Crippen molar-refractivity contribution in [3.63, 3.8) is 0 Å². The minimum Gasteiger partial charge on any atom is -0.266 e. The monoisotopic (exact) mass is 451 g/mol. The molecule has 31 heavy (non-hydrogen) atoms. The van der Waals surface area contributed by atoms with Gasteiger partial charge in [-0.25, -0.2) is 17.2 Å². The largest absolute Gasteiger partial charge is 0.266 e. The number of hydrogen-bond donors (Lipinski definition) is 0. The molecule has 0 aliphatic heterocycles. The maximum atomic E-state index is 14.1. The molecule has 0 saturated heterocycles. The summed E-state index contributed by atoms with van der Waals surface area (Å²) in [6.45, 7) is 4.39. The van der Waals surface area contributed by atoms with Crippen LogP contribution in [0.1, 0.15) is 83.1 Å². The summed E-state index contributed by atoms with van der Waals surface area (Å²) >= 11 is 0. The van der Waals surface area contributed by atoms with E-state index in [-0.39, 0.29) is 10.6 Å². The van der Waals surface area contributed by atoms with Gasteiger partial charge in [0.1, 0.15) is 11.6 Å². The first-order chi connectivity index (χ1) is 14.8. The number of rotatable bonds is 13. The maximum absolute atomic E-state index is 14.1. The molecule has 0 radical (unpaired) electrons. The second-order valence-electron chi connectivity index (χ2n) is 8.18. The summed E-state index contributed by atoms with van der Waals surface area (Å²) in [5.41, 5.74) is 0.973. The highest BCUT2D eigenvalue weighted by molar-refractivity contribution is 7.92. The fraction of sp³-hybridized carbons (Fsp3) is 0.520. The summed E-state index contributed by atoms with van der Waals surface area (Å²) in [7, 11) is -2.67. The lowest BCUT2D eigenvalue weighted by Crippen LogP contribution is -2.27. The van der Waals surface area contributed by atoms with Crippen LogP contribution in [-0.4, -0.2) is 15.5 Å². The van der Waals surface area contributed by atoms with Crippen molar-refractivity contribution < 1.29 is 17.2 Å². The lowest BCUT2D eigenvalue weighted by atomic mass is 9.88. The molecule has 1 unspecified atom stereocenters. The molecule has 0 N–H and O–H groups in total. The lowest BCUT2D eigenvalue weighted by molar-refractivity contribution is 0.501. The van der Waals surface area contributed by atoms with Crippen molar-refractivity contribution in [1.82, 2.24) is 0 Å². The molecule has 0 aliphatic carbocycles. The average molecular weight is 452 g/mol. The number of hydrogen-bond acceptors (Lipinski definition) is 2. The third-order valence-corrected chi connectivity index (χ3v) is 7.61. The van der Waals surface area contributed by atoms with Crippen molar-refractivity contribution in [2.24, 2.45) is 0 Å². The molecule has 0 spiro atoms. The quantitative estimate of drug-likeness (QED) is 0.297. The van der Waals surface area contributed by atoms with Crippen molar-refractivity contribution in [3.05, 3.63) is 59.7 Å². The second-order valence-corrected chi connectivity index (χ2v) is 10.1. The van der Waals surface area contributed by atoms with Crippen LogP contribution in [0.15, 0.2) is 47.4 Å². The Morgan fingerprint density at radius 3 is 2.00 bits per heavy atom. The van der Waals surface area contributed by atoms with E-state index in [0.29, 0.717) is 12.0 Å². The third kappa shape index (κ3) is 7.03. The fourth-order valence-electron chi connectivity index (χ4n) is 3.87. The second kappa shape index (κ2) is 12.2. The maximum Gasteiger partial charge on any atom is 0.264 e. The van der Waals surface area contributed by atoms with Crippen LogP contribution in [0.3, 0.4) is 0 Å². The van der Waals surface area contributed by atoms with Gasteiger partial charge in [0.15, 0.2) is 0 Å². The Balaban J connectivity index is 2.19. The molecule has 0 bridgehead atoms. The van der Waals surface area contributed by atoms with E-state index in [2.05, 4.69) is 13.8 Å². The van der Waals surface area contributed by atoms with E-state index in [0.717, 1.165) is 34.8 Å². The average Bonchev–Trinajstić information content (AvgIpc) is 2.75. The molecule has 1 atom stereocenters. The van der Waals surface area contributed by atoms with Crippen molar-refractivity contribution in [1.29, 1.82) is 0 Å². The summed E-state index contributed by atoms with van der Waals surface area (Å²) in [5, 5.41) is 0. The van der Waals surface area contributed by atoms with E-state index in [1.165, 1.54) is 52.0 Å². The number of anilines is 1. The van der Waals surface area contributed by atoms with Gasteiger partial charge in [-0.1, -0.05) is 70.9 Å². The van der Waals surface area contributed by atoms with Gasteiger partial charge in [0.25, 0.3) is 10.0 Å². The molecule has 172 valence electrons. The highest BCUT2D eigenvalue weighted by Gasteiger charge is 2.24. The van der Waals surface area contributed by atoms with Gasteiger partial charge in [-0.05, 0) is 48.6 Å². The summed E-state index contributed by atoms with van der Waals surface area (Å²) in [6, 6.07) is 9.84. The van der Waals surface area contributed by atoms with E-state index in [9.17, 15) is 17.2 Å². The number of benzene rings is 2. The number of unbranched alkanes of at least 4 members (excludes halogenated alkanes) is 5. The zero-order valence-electron chi connectivity index (χ0n) is 18.9. The molecule has 0 amide bonds. The Kier molecular flexibility index (Phi) is 9.94. The number of sulfonamides is 1. The molecule has 2 aromatic carbocycles. The van der Waals surface area contributed by atoms with Gasteiger partial charge in [0.2, 0.25) is 0 Å². The van der Waals surface area contributed by atoms with Crippen LogP contribution in [-0.2, 0) is 10.0 Å². The minimum absolute atomic E-state index is 0.0979. The third-order valence-electron chi connectivity index (χ3n) is 5.82. The summed E-state index contributed by atoms with van der Waals surface area (Å²) in [5.74, 6) is -1.23. The Labute approximate surface area is 186 Å². The summed E-state index contributed by atoms with van der Waals surface area (Å²) in [6.07, 6.45) is 10.6. The van der Waals surface area contributed by atoms with Gasteiger partial charge in [0.05, 0.1) is 10.6 Å². The first kappa shape index (κ1) is 25.3. The molecule has 0 heterocycles. The predicted molar refractivity (Wildman–Crippen MR) is 124 cm³/mol. The van der Waals surface area contributed by atoms with Crippen LogP contribution in [0.2, 0.25) is 0 Å². The van der Waals surface area contributed by atoms with Gasteiger partial charge in [-0.3, -0.25) is 4.31 Å². The number of nitrogens with zero attached hydrogens (tertiary/aromatic N) is 1. The van der Waals surface area contributed by atoms with Crippen molar-refractivity contribution >= 4 is 15.7 Å². The van der Waals surface area contributed by atoms with Gasteiger partial charge >= 0.3 is 0 Å². The van der Waals surface area contributed by atoms with Gasteiger partial charge in [-0.2, -0.15) is 0 Å². The van der Waals surface area contributed by atoms with Crippen LogP contribution < -0.4 is 4.31 Å². The highest BCUT2D eigenvalue weighted by atomic mass is 32.2. The molecule has 0 aromatic heterocycles. The van der Waals surface area contributed by atoms with E-state index in [4.69, 9.17) is 0 Å². The van der Waals surface area contributed by atoms with Gasteiger partial charge in [0, 0.05) is 13.1 Å². The Hall–Kier alpha value is -1.95. The Morgan fingerprint density at radius 2 is 1.42 bits per heavy atom. The van der Waals surface area contributed by atoms with Crippen molar-refractivity contribution in [2.75, 3.05) is 11.4 Å². The molecule has 0 saturated carbocycles. The normalized spacial score (nSPS) is 12.7. The molecule has 3 nitrogen and oxygen atoms in total. The first-order valence-electron chi connectivity index (χ1n) is 11.3. The molecule has 2 aromatic rings. The van der Waals surface area contributed by atoms with E-state index < -0.39 is 21.7 Å². The fourth-order valence-corrected chi connectivity index (χ4v) is 5.08. The molecule has 0 aliphatic rings. The van der Waals surface area contributed by atoms with Gasteiger partial charge in [-0.15, -0.1) is 0 Å². The molecule has 6 heteroatoms. The van der Waals surface area contributed by atoms with Crippen LogP contribution in [0.25, 0.3) is 0 Å². The lowest BCUT2D eigenvalue weighted by Gasteiger charge is -2.21. The van der Waals surface area contributed by atoms with Crippen LogP contribution >= 0.6 is 0 Å². The predicted octanol–water partition coefficient (Wildman–Crippen LogP) is 7.42. The SMILES string of the molecule is CCCCCCC(CCCCC)c1ccc(S(=O)(=O)N(C)c2ccc(F)cc2F)cc1. The highest BCUT2D eigenvalue weighted by Crippen LogP contribution is 2.31. The Bertz CT molecular complexity index is 914. The molecule has 0 fully saturated rings. The Morgan fingerprint density at radius 1 is 0.839 bits per heavy atom. The van der Waals surface area contributed by atoms with Crippen molar-refractivity contribution in [2.45, 2.75) is 82.4 Å². The molecular weight excluding hydrogens is 416 g/mol. The standard InChI is InChI=1S/C25H35F2NO2S/c1-4-6-8-10-12-20(11-9-7-5-2)21-13-16-23(17-14-21)31(29,30)28(3)25-18-15-22(26)19-24(25)27/h13-20H,4-12H2,1-3H3. The zero-order chi connectivity index (χ0) is 22.9. The molecule has 2 rings (SSSR count). The molecular formula is C25H35F2NO2S. The van der Waals surface area contributed by atoms with E-state index >= 15 is 0 Å². The smallest absolute Gasteiger partial charge is 0.264 e. The zero-order valence-corrected chi connectivity index (χ0v) is 19.7. The first-order valence-corrected chi connectivity index (χ1v) is 12.8. The summed E-state index contributed by atoms with van der Waals surface area (Å²) in [4.78, 5) is 0.0979. The number of halogens is 2.